The van der Waals surface area contributed by atoms with E-state index in [1.807, 2.05) is 0 Å². The van der Waals surface area contributed by atoms with Crippen LogP contribution in [0.15, 0.2) is 4.99 Å². The lowest BCUT2D eigenvalue weighted by Gasteiger charge is -2.25. The Morgan fingerprint density at radius 1 is 1.26 bits per heavy atom. The molecule has 2 N–H and O–H groups in total. The Hall–Kier alpha value is -0.780. The molecule has 19 heavy (non-hydrogen) atoms. The molecule has 5 nitrogen and oxygen atoms in total. The highest BCUT2D eigenvalue weighted by atomic mass is 32.2. The molecule has 0 heterocycles. The van der Waals surface area contributed by atoms with Crippen LogP contribution in [0.3, 0.4) is 0 Å². The summed E-state index contributed by atoms with van der Waals surface area (Å²) in [6.07, 6.45) is 4.18. The van der Waals surface area contributed by atoms with Crippen LogP contribution >= 0.6 is 0 Å². The third-order valence-electron chi connectivity index (χ3n) is 2.93. The van der Waals surface area contributed by atoms with Gasteiger partial charge in [-0.15, -0.1) is 0 Å². The number of rotatable bonds is 8. The van der Waals surface area contributed by atoms with E-state index in [0.29, 0.717) is 13.0 Å². The Morgan fingerprint density at radius 2 is 1.89 bits per heavy atom. The van der Waals surface area contributed by atoms with Gasteiger partial charge in [0.15, 0.2) is 5.96 Å². The van der Waals surface area contributed by atoms with Gasteiger partial charge in [0.25, 0.3) is 0 Å². The minimum atomic E-state index is -2.89. The van der Waals surface area contributed by atoms with Crippen LogP contribution in [0.5, 0.6) is 0 Å². The van der Waals surface area contributed by atoms with Gasteiger partial charge in [-0.05, 0) is 18.3 Å². The third kappa shape index (κ3) is 10.8. The molecular formula is C13H29N3O2S. The molecule has 0 aliphatic rings. The fourth-order valence-electron chi connectivity index (χ4n) is 1.48. The highest BCUT2D eigenvalue weighted by Gasteiger charge is 2.20. The zero-order valence-corrected chi connectivity index (χ0v) is 13.7. The Bertz CT molecular complexity index is 375. The number of hydrogen-bond donors (Lipinski definition) is 2. The molecule has 0 rings (SSSR count). The van der Waals surface area contributed by atoms with E-state index in [-0.39, 0.29) is 11.2 Å². The standard InChI is InChI=1S/C13H29N3O2S/c1-6-7-9-15-12(14-4)16-11-13(2,3)8-10-19(5,17)18/h6-11H2,1-5H3,(H2,14,15,16). The number of unbranched alkanes of at least 4 members (excludes halogenated alkanes) is 1. The quantitative estimate of drug-likeness (QED) is 0.403. The molecule has 0 aromatic heterocycles. The first-order valence-corrected chi connectivity index (χ1v) is 8.88. The molecule has 0 aliphatic carbocycles. The summed E-state index contributed by atoms with van der Waals surface area (Å²) in [5.74, 6) is 1.00. The Kier molecular flexibility index (Phi) is 8.06. The van der Waals surface area contributed by atoms with Crippen LogP contribution < -0.4 is 10.6 Å². The molecule has 6 heteroatoms. The molecule has 0 aromatic rings. The molecule has 0 fully saturated rings. The maximum absolute atomic E-state index is 11.2. The molecule has 0 saturated heterocycles. The monoisotopic (exact) mass is 291 g/mol. The van der Waals surface area contributed by atoms with Crippen molar-refractivity contribution in [3.8, 4) is 0 Å². The van der Waals surface area contributed by atoms with Gasteiger partial charge in [0, 0.05) is 26.4 Å². The first kappa shape index (κ1) is 18.2. The second-order valence-electron chi connectivity index (χ2n) is 5.75. The predicted octanol–water partition coefficient (Wildman–Crippen LogP) is 1.41. The number of nitrogens with one attached hydrogen (secondary N) is 2. The van der Waals surface area contributed by atoms with E-state index >= 15 is 0 Å². The van der Waals surface area contributed by atoms with E-state index in [9.17, 15) is 8.42 Å². The summed E-state index contributed by atoms with van der Waals surface area (Å²) in [6.45, 7) is 7.87. The van der Waals surface area contributed by atoms with Gasteiger partial charge in [0.1, 0.15) is 9.84 Å². The first-order chi connectivity index (χ1) is 8.70. The maximum Gasteiger partial charge on any atom is 0.190 e. The van der Waals surface area contributed by atoms with Crippen molar-refractivity contribution in [2.45, 2.75) is 40.0 Å². The lowest BCUT2D eigenvalue weighted by molar-refractivity contribution is 0.348. The first-order valence-electron chi connectivity index (χ1n) is 6.82. The smallest absolute Gasteiger partial charge is 0.190 e. The van der Waals surface area contributed by atoms with E-state index in [2.05, 4.69) is 36.4 Å². The van der Waals surface area contributed by atoms with Gasteiger partial charge in [-0.1, -0.05) is 27.2 Å². The average molecular weight is 291 g/mol. The topological polar surface area (TPSA) is 70.6 Å². The summed E-state index contributed by atoms with van der Waals surface area (Å²) >= 11 is 0. The van der Waals surface area contributed by atoms with Crippen LogP contribution in [0.4, 0.5) is 0 Å². The van der Waals surface area contributed by atoms with E-state index in [1.54, 1.807) is 7.05 Å². The minimum Gasteiger partial charge on any atom is -0.356 e. The highest BCUT2D eigenvalue weighted by Crippen LogP contribution is 2.19. The Labute approximate surface area is 118 Å². The molecule has 0 spiro atoms. The van der Waals surface area contributed by atoms with Gasteiger partial charge in [-0.3, -0.25) is 4.99 Å². The largest absolute Gasteiger partial charge is 0.356 e. The van der Waals surface area contributed by atoms with E-state index < -0.39 is 9.84 Å². The fourth-order valence-corrected chi connectivity index (χ4v) is 2.40. The normalized spacial score (nSPS) is 13.4. The zero-order valence-electron chi connectivity index (χ0n) is 12.9. The number of nitrogens with zero attached hydrogens (tertiary/aromatic N) is 1. The molecule has 0 bridgehead atoms. The molecule has 0 atom stereocenters. The lowest BCUT2D eigenvalue weighted by atomic mass is 9.90. The minimum absolute atomic E-state index is 0.0779. The van der Waals surface area contributed by atoms with Crippen molar-refractivity contribution in [3.05, 3.63) is 0 Å². The number of aliphatic imine (C=N–C) groups is 1. The van der Waals surface area contributed by atoms with Gasteiger partial charge in [-0.2, -0.15) is 0 Å². The maximum atomic E-state index is 11.2. The fraction of sp³-hybridized carbons (Fsp3) is 0.923. The molecule has 0 aliphatic heterocycles. The molecule has 0 radical (unpaired) electrons. The van der Waals surface area contributed by atoms with Crippen molar-refractivity contribution >= 4 is 15.8 Å². The van der Waals surface area contributed by atoms with Crippen LogP contribution in [0.25, 0.3) is 0 Å². The van der Waals surface area contributed by atoms with E-state index in [0.717, 1.165) is 25.3 Å². The van der Waals surface area contributed by atoms with Crippen LogP contribution in [-0.4, -0.2) is 46.5 Å². The van der Waals surface area contributed by atoms with Gasteiger partial charge in [-0.25, -0.2) is 8.42 Å². The second-order valence-corrected chi connectivity index (χ2v) is 8.01. The third-order valence-corrected chi connectivity index (χ3v) is 3.88. The van der Waals surface area contributed by atoms with Crippen molar-refractivity contribution in [1.29, 1.82) is 0 Å². The average Bonchev–Trinajstić information content (AvgIpc) is 2.30. The lowest BCUT2D eigenvalue weighted by Crippen LogP contribution is -2.42. The number of hydrogen-bond acceptors (Lipinski definition) is 3. The van der Waals surface area contributed by atoms with Crippen molar-refractivity contribution in [2.24, 2.45) is 10.4 Å². The second kappa shape index (κ2) is 8.40. The van der Waals surface area contributed by atoms with Crippen LogP contribution in [-0.2, 0) is 9.84 Å². The molecule has 0 amide bonds. The van der Waals surface area contributed by atoms with Gasteiger partial charge in [0.2, 0.25) is 0 Å². The summed E-state index contributed by atoms with van der Waals surface area (Å²) in [5, 5.41) is 6.48. The Morgan fingerprint density at radius 3 is 2.37 bits per heavy atom. The van der Waals surface area contributed by atoms with Crippen LogP contribution in [0.1, 0.15) is 40.0 Å². The highest BCUT2D eigenvalue weighted by molar-refractivity contribution is 7.90. The summed E-state index contributed by atoms with van der Waals surface area (Å²) in [7, 11) is -1.15. The van der Waals surface area contributed by atoms with Gasteiger partial charge in [0.05, 0.1) is 5.75 Å². The Balaban J connectivity index is 4.13. The van der Waals surface area contributed by atoms with E-state index in [1.165, 1.54) is 6.26 Å². The molecule has 0 saturated carbocycles. The summed E-state index contributed by atoms with van der Waals surface area (Å²) in [5.41, 5.74) is -0.0779. The van der Waals surface area contributed by atoms with Gasteiger partial charge < -0.3 is 10.6 Å². The van der Waals surface area contributed by atoms with Crippen LogP contribution in [0.2, 0.25) is 0 Å². The number of sulfone groups is 1. The van der Waals surface area contributed by atoms with Crippen molar-refractivity contribution in [1.82, 2.24) is 10.6 Å². The SMILES string of the molecule is CCCCNC(=NC)NCC(C)(C)CCS(C)(=O)=O. The molecule has 0 unspecified atom stereocenters. The molecule has 114 valence electrons. The zero-order chi connectivity index (χ0) is 14.9. The molecular weight excluding hydrogens is 262 g/mol. The van der Waals surface area contributed by atoms with Gasteiger partial charge >= 0.3 is 0 Å². The van der Waals surface area contributed by atoms with Crippen LogP contribution in [0, 0.1) is 5.41 Å². The van der Waals surface area contributed by atoms with Crippen molar-refractivity contribution in [2.75, 3.05) is 32.1 Å². The van der Waals surface area contributed by atoms with Crippen molar-refractivity contribution in [3.63, 3.8) is 0 Å². The number of guanidine groups is 1. The van der Waals surface area contributed by atoms with E-state index in [4.69, 9.17) is 0 Å². The summed E-state index contributed by atoms with van der Waals surface area (Å²) < 4.78 is 22.4. The molecule has 0 aromatic carbocycles. The van der Waals surface area contributed by atoms with Crippen molar-refractivity contribution < 1.29 is 8.42 Å². The predicted molar refractivity (Wildman–Crippen MR) is 82.4 cm³/mol. The summed E-state index contributed by atoms with van der Waals surface area (Å²) in [6, 6.07) is 0. The summed E-state index contributed by atoms with van der Waals surface area (Å²) in [4.78, 5) is 4.15.